The van der Waals surface area contributed by atoms with Crippen LogP contribution in [0.4, 0.5) is 0 Å². The van der Waals surface area contributed by atoms with Gasteiger partial charge in [0.05, 0.1) is 22.2 Å². The average molecular weight is 277 g/mol. The van der Waals surface area contributed by atoms with Crippen LogP contribution in [-0.2, 0) is 4.79 Å². The first kappa shape index (κ1) is 13.8. The summed E-state index contributed by atoms with van der Waals surface area (Å²) in [5.74, 6) is -0.420. The Morgan fingerprint density at radius 2 is 2.18 bits per heavy atom. The summed E-state index contributed by atoms with van der Waals surface area (Å²) < 4.78 is 0. The molecule has 0 fully saturated rings. The van der Waals surface area contributed by atoms with Crippen molar-refractivity contribution in [3.8, 4) is 0 Å². The molecule has 0 bridgehead atoms. The van der Waals surface area contributed by atoms with Gasteiger partial charge in [-0.1, -0.05) is 29.3 Å². The molecule has 0 aliphatic rings. The van der Waals surface area contributed by atoms with Gasteiger partial charge in [-0.2, -0.15) is 0 Å². The summed E-state index contributed by atoms with van der Waals surface area (Å²) in [7, 11) is 0. The van der Waals surface area contributed by atoms with Gasteiger partial charge in [-0.25, -0.2) is 5.06 Å². The van der Waals surface area contributed by atoms with E-state index in [1.54, 1.807) is 12.1 Å². The van der Waals surface area contributed by atoms with Crippen LogP contribution >= 0.6 is 23.2 Å². The Morgan fingerprint density at radius 1 is 1.47 bits per heavy atom. The van der Waals surface area contributed by atoms with Crippen LogP contribution in [0.2, 0.25) is 10.0 Å². The van der Waals surface area contributed by atoms with Crippen LogP contribution < -0.4 is 5.32 Å². The van der Waals surface area contributed by atoms with Gasteiger partial charge in [0.1, 0.15) is 0 Å². The number of benzene rings is 1. The number of hydrogen-bond donors (Lipinski definition) is 2. The largest absolute Gasteiger partial charge is 0.350 e. The van der Waals surface area contributed by atoms with E-state index < -0.39 is 5.91 Å². The standard InChI is InChI=1S/C10H10Cl2N2O3/c11-8-3-1-2-7(9(8)12)10(16)13-4-5-14(17)6-15/h1-3,6,17H,4-5H2,(H,13,16). The summed E-state index contributed by atoms with van der Waals surface area (Å²) in [6.45, 7) is 0.102. The molecule has 2 N–H and O–H groups in total. The predicted octanol–water partition coefficient (Wildman–Crippen LogP) is 1.57. The van der Waals surface area contributed by atoms with Crippen LogP contribution in [-0.4, -0.2) is 35.7 Å². The summed E-state index contributed by atoms with van der Waals surface area (Å²) >= 11 is 11.6. The van der Waals surface area contributed by atoms with Crippen molar-refractivity contribution < 1.29 is 14.8 Å². The lowest BCUT2D eigenvalue weighted by molar-refractivity contribution is -0.149. The normalized spacial score (nSPS) is 9.82. The van der Waals surface area contributed by atoms with Gasteiger partial charge in [0.15, 0.2) is 0 Å². The number of nitrogens with one attached hydrogen (secondary N) is 1. The van der Waals surface area contributed by atoms with E-state index in [2.05, 4.69) is 5.32 Å². The highest BCUT2D eigenvalue weighted by Crippen LogP contribution is 2.25. The van der Waals surface area contributed by atoms with Crippen molar-refractivity contribution in [2.75, 3.05) is 13.1 Å². The molecule has 92 valence electrons. The number of halogens is 2. The van der Waals surface area contributed by atoms with E-state index in [0.717, 1.165) is 0 Å². The summed E-state index contributed by atoms with van der Waals surface area (Å²) in [6, 6.07) is 4.70. The lowest BCUT2D eigenvalue weighted by Gasteiger charge is -2.10. The molecule has 0 saturated heterocycles. The molecule has 0 heterocycles. The number of carbonyl (C=O) groups is 2. The minimum atomic E-state index is -0.420. The smallest absolute Gasteiger partial charge is 0.252 e. The quantitative estimate of drug-likeness (QED) is 0.487. The molecule has 17 heavy (non-hydrogen) atoms. The van der Waals surface area contributed by atoms with E-state index >= 15 is 0 Å². The molecule has 0 saturated carbocycles. The summed E-state index contributed by atoms with van der Waals surface area (Å²) in [6.07, 6.45) is 0.249. The maximum absolute atomic E-state index is 11.6. The molecule has 1 rings (SSSR count). The first-order valence-corrected chi connectivity index (χ1v) is 5.45. The minimum Gasteiger partial charge on any atom is -0.350 e. The number of nitrogens with zero attached hydrogens (tertiary/aromatic N) is 1. The van der Waals surface area contributed by atoms with Gasteiger partial charge in [-0.05, 0) is 12.1 Å². The van der Waals surface area contributed by atoms with Gasteiger partial charge in [0.2, 0.25) is 6.41 Å². The summed E-state index contributed by atoms with van der Waals surface area (Å²) in [4.78, 5) is 21.7. The molecule has 0 aliphatic carbocycles. The van der Waals surface area contributed by atoms with Gasteiger partial charge >= 0.3 is 0 Å². The minimum absolute atomic E-state index is 0.00652. The molecule has 0 unspecified atom stereocenters. The topological polar surface area (TPSA) is 69.6 Å². The third kappa shape index (κ3) is 3.89. The van der Waals surface area contributed by atoms with Crippen molar-refractivity contribution in [3.63, 3.8) is 0 Å². The zero-order valence-corrected chi connectivity index (χ0v) is 10.2. The SMILES string of the molecule is O=CN(O)CCNC(=O)c1cccc(Cl)c1Cl. The fourth-order valence-corrected chi connectivity index (χ4v) is 1.50. The van der Waals surface area contributed by atoms with E-state index in [4.69, 9.17) is 28.4 Å². The van der Waals surface area contributed by atoms with Gasteiger partial charge in [0, 0.05) is 6.54 Å². The second-order valence-corrected chi connectivity index (χ2v) is 3.91. The van der Waals surface area contributed by atoms with Crippen LogP contribution in [0, 0.1) is 0 Å². The Kier molecular flexibility index (Phi) is 5.21. The van der Waals surface area contributed by atoms with Crippen molar-refractivity contribution in [1.82, 2.24) is 10.4 Å². The van der Waals surface area contributed by atoms with Gasteiger partial charge in [-0.3, -0.25) is 14.8 Å². The molecule has 0 spiro atoms. The Hall–Kier alpha value is -1.30. The van der Waals surface area contributed by atoms with Crippen LogP contribution in [0.25, 0.3) is 0 Å². The fourth-order valence-electron chi connectivity index (χ4n) is 1.11. The second kappa shape index (κ2) is 6.44. The van der Waals surface area contributed by atoms with Gasteiger partial charge in [0.25, 0.3) is 5.91 Å². The first-order valence-electron chi connectivity index (χ1n) is 4.69. The highest BCUT2D eigenvalue weighted by molar-refractivity contribution is 6.43. The Balaban J connectivity index is 2.58. The molecule has 7 heteroatoms. The highest BCUT2D eigenvalue weighted by atomic mass is 35.5. The van der Waals surface area contributed by atoms with E-state index in [1.807, 2.05) is 0 Å². The fraction of sp³-hybridized carbons (Fsp3) is 0.200. The number of rotatable bonds is 5. The molecular formula is C10H10Cl2N2O3. The monoisotopic (exact) mass is 276 g/mol. The van der Waals surface area contributed by atoms with Crippen molar-refractivity contribution in [1.29, 1.82) is 0 Å². The molecule has 0 aliphatic heterocycles. The van der Waals surface area contributed by atoms with Crippen molar-refractivity contribution >= 4 is 35.5 Å². The van der Waals surface area contributed by atoms with Gasteiger partial charge in [-0.15, -0.1) is 0 Å². The molecule has 2 amide bonds. The maximum atomic E-state index is 11.6. The van der Waals surface area contributed by atoms with Crippen molar-refractivity contribution in [2.24, 2.45) is 0 Å². The molecule has 1 aromatic rings. The first-order chi connectivity index (χ1) is 8.06. The van der Waals surface area contributed by atoms with Crippen LogP contribution in [0.15, 0.2) is 18.2 Å². The third-order valence-corrected chi connectivity index (χ3v) is 2.76. The number of hydrogen-bond acceptors (Lipinski definition) is 3. The third-order valence-electron chi connectivity index (χ3n) is 1.94. The van der Waals surface area contributed by atoms with Crippen LogP contribution in [0.1, 0.15) is 10.4 Å². The lowest BCUT2D eigenvalue weighted by atomic mass is 10.2. The van der Waals surface area contributed by atoms with E-state index in [9.17, 15) is 9.59 Å². The number of amides is 2. The summed E-state index contributed by atoms with van der Waals surface area (Å²) in [5, 5.41) is 12.2. The zero-order chi connectivity index (χ0) is 12.8. The highest BCUT2D eigenvalue weighted by Gasteiger charge is 2.11. The number of hydroxylamine groups is 2. The lowest BCUT2D eigenvalue weighted by Crippen LogP contribution is -2.32. The molecule has 0 aromatic heterocycles. The maximum Gasteiger partial charge on any atom is 0.252 e. The molecule has 0 radical (unpaired) electrons. The average Bonchev–Trinajstić information content (AvgIpc) is 2.32. The summed E-state index contributed by atoms with van der Waals surface area (Å²) in [5.41, 5.74) is 0.245. The van der Waals surface area contributed by atoms with Crippen molar-refractivity contribution in [3.05, 3.63) is 33.8 Å². The Bertz CT molecular complexity index is 426. The molecule has 1 aromatic carbocycles. The Morgan fingerprint density at radius 3 is 2.82 bits per heavy atom. The van der Waals surface area contributed by atoms with Crippen LogP contribution in [0.5, 0.6) is 0 Å². The van der Waals surface area contributed by atoms with E-state index in [1.165, 1.54) is 6.07 Å². The zero-order valence-electron chi connectivity index (χ0n) is 8.69. The molecular weight excluding hydrogens is 267 g/mol. The van der Waals surface area contributed by atoms with Crippen LogP contribution in [0.3, 0.4) is 0 Å². The Labute approximate surface area is 108 Å². The van der Waals surface area contributed by atoms with E-state index in [-0.39, 0.29) is 35.1 Å². The molecule has 0 atom stereocenters. The second-order valence-electron chi connectivity index (χ2n) is 3.13. The molecule has 5 nitrogen and oxygen atoms in total. The predicted molar refractivity (Wildman–Crippen MR) is 63.4 cm³/mol. The van der Waals surface area contributed by atoms with E-state index in [0.29, 0.717) is 5.06 Å². The van der Waals surface area contributed by atoms with Gasteiger partial charge < -0.3 is 5.32 Å². The van der Waals surface area contributed by atoms with Crippen molar-refractivity contribution in [2.45, 2.75) is 0 Å². The number of carbonyl (C=O) groups excluding carboxylic acids is 2.